The van der Waals surface area contributed by atoms with Gasteiger partial charge < -0.3 is 15.1 Å². The summed E-state index contributed by atoms with van der Waals surface area (Å²) in [5.41, 5.74) is 1.08. The number of guanidine groups is 1. The zero-order valence-corrected chi connectivity index (χ0v) is 19.2. The van der Waals surface area contributed by atoms with Gasteiger partial charge in [0.05, 0.1) is 12.3 Å². The zero-order chi connectivity index (χ0) is 18.4. The van der Waals surface area contributed by atoms with Crippen molar-refractivity contribution in [2.45, 2.75) is 53.1 Å². The average Bonchev–Trinajstić information content (AvgIpc) is 2.91. The monoisotopic (exact) mass is 498 g/mol. The third-order valence-electron chi connectivity index (χ3n) is 4.45. The fourth-order valence-corrected chi connectivity index (χ4v) is 4.11. The molecule has 1 aromatic heterocycles. The van der Waals surface area contributed by atoms with Crippen molar-refractivity contribution < 1.29 is 12.8 Å². The number of rotatable bonds is 6. The molecule has 0 unspecified atom stereocenters. The number of hydrogen-bond acceptors (Lipinski definition) is 4. The van der Waals surface area contributed by atoms with Crippen LogP contribution in [0.15, 0.2) is 15.5 Å². The standard InChI is InChI=1S/C17H30N4O3S.HI/c1-5-18-17(19-12-15-11-13(3)24-14(15)4)20-16-7-9-21(10-8-16)25(22,23)6-2;/h11,16H,5-10,12H2,1-4H3,(H2,18,19,20);1H. The average molecular weight is 498 g/mol. The molecule has 0 radical (unpaired) electrons. The summed E-state index contributed by atoms with van der Waals surface area (Å²) in [5, 5.41) is 6.69. The summed E-state index contributed by atoms with van der Waals surface area (Å²) in [5.74, 6) is 2.72. The fourth-order valence-electron chi connectivity index (χ4n) is 2.98. The zero-order valence-electron chi connectivity index (χ0n) is 16.0. The highest BCUT2D eigenvalue weighted by Gasteiger charge is 2.27. The van der Waals surface area contributed by atoms with E-state index in [9.17, 15) is 8.42 Å². The molecule has 0 amide bonds. The molecule has 26 heavy (non-hydrogen) atoms. The van der Waals surface area contributed by atoms with Crippen LogP contribution < -0.4 is 10.6 Å². The van der Waals surface area contributed by atoms with E-state index in [-0.39, 0.29) is 35.8 Å². The summed E-state index contributed by atoms with van der Waals surface area (Å²) in [4.78, 5) is 4.64. The lowest BCUT2D eigenvalue weighted by Crippen LogP contribution is -2.50. The lowest BCUT2D eigenvalue weighted by molar-refractivity contribution is 0.306. The molecule has 2 N–H and O–H groups in total. The molecular formula is C17H31IN4O3S. The Morgan fingerprint density at radius 1 is 1.31 bits per heavy atom. The Morgan fingerprint density at radius 3 is 2.46 bits per heavy atom. The number of halogens is 1. The van der Waals surface area contributed by atoms with E-state index >= 15 is 0 Å². The Balaban J connectivity index is 0.00000338. The first-order chi connectivity index (χ1) is 11.9. The van der Waals surface area contributed by atoms with Crippen LogP contribution in [0.3, 0.4) is 0 Å². The van der Waals surface area contributed by atoms with Gasteiger partial charge in [0, 0.05) is 31.2 Å². The summed E-state index contributed by atoms with van der Waals surface area (Å²) in [6.45, 7) is 10.1. The summed E-state index contributed by atoms with van der Waals surface area (Å²) in [6.07, 6.45) is 1.57. The van der Waals surface area contributed by atoms with Gasteiger partial charge in [0.15, 0.2) is 5.96 Å². The molecule has 0 bridgehead atoms. The topological polar surface area (TPSA) is 86.9 Å². The minimum absolute atomic E-state index is 0. The predicted octanol–water partition coefficient (Wildman–Crippen LogP) is 2.38. The molecule has 1 saturated heterocycles. The third kappa shape index (κ3) is 6.41. The van der Waals surface area contributed by atoms with Gasteiger partial charge in [0.25, 0.3) is 0 Å². The number of nitrogens with zero attached hydrogens (tertiary/aromatic N) is 2. The highest BCUT2D eigenvalue weighted by atomic mass is 127. The van der Waals surface area contributed by atoms with Crippen LogP contribution in [0.25, 0.3) is 0 Å². The Kier molecular flexibility index (Phi) is 9.39. The Hall–Kier alpha value is -0.810. The maximum atomic E-state index is 11.9. The van der Waals surface area contributed by atoms with E-state index in [4.69, 9.17) is 4.42 Å². The molecule has 9 heteroatoms. The Morgan fingerprint density at radius 2 is 1.96 bits per heavy atom. The van der Waals surface area contributed by atoms with Crippen LogP contribution in [0, 0.1) is 13.8 Å². The van der Waals surface area contributed by atoms with E-state index in [1.165, 1.54) is 0 Å². The van der Waals surface area contributed by atoms with E-state index in [0.717, 1.165) is 42.4 Å². The molecule has 0 aromatic carbocycles. The van der Waals surface area contributed by atoms with E-state index in [2.05, 4.69) is 15.6 Å². The van der Waals surface area contributed by atoms with Crippen molar-refractivity contribution in [3.05, 3.63) is 23.2 Å². The molecular weight excluding hydrogens is 467 g/mol. The summed E-state index contributed by atoms with van der Waals surface area (Å²) >= 11 is 0. The van der Waals surface area contributed by atoms with Crippen molar-refractivity contribution in [2.75, 3.05) is 25.4 Å². The molecule has 1 aliphatic rings. The van der Waals surface area contributed by atoms with Crippen molar-refractivity contribution in [3.63, 3.8) is 0 Å². The molecule has 2 heterocycles. The minimum Gasteiger partial charge on any atom is -0.466 e. The lowest BCUT2D eigenvalue weighted by Gasteiger charge is -2.32. The molecule has 7 nitrogen and oxygen atoms in total. The highest BCUT2D eigenvalue weighted by molar-refractivity contribution is 14.0. The van der Waals surface area contributed by atoms with Gasteiger partial charge in [0.1, 0.15) is 11.5 Å². The van der Waals surface area contributed by atoms with E-state index in [1.807, 2.05) is 26.8 Å². The summed E-state index contributed by atoms with van der Waals surface area (Å²) in [7, 11) is -3.08. The Bertz CT molecular complexity index is 695. The minimum atomic E-state index is -3.08. The van der Waals surface area contributed by atoms with E-state index in [1.54, 1.807) is 11.2 Å². The smallest absolute Gasteiger partial charge is 0.213 e. The first-order valence-electron chi connectivity index (χ1n) is 8.94. The van der Waals surface area contributed by atoms with Gasteiger partial charge in [-0.05, 0) is 46.6 Å². The second-order valence-electron chi connectivity index (χ2n) is 6.35. The number of aliphatic imine (C=N–C) groups is 1. The van der Waals surface area contributed by atoms with Crippen LogP contribution in [0.2, 0.25) is 0 Å². The number of nitrogens with one attached hydrogen (secondary N) is 2. The van der Waals surface area contributed by atoms with Crippen molar-refractivity contribution in [1.29, 1.82) is 0 Å². The molecule has 2 rings (SSSR count). The molecule has 0 atom stereocenters. The first-order valence-corrected chi connectivity index (χ1v) is 10.5. The summed E-state index contributed by atoms with van der Waals surface area (Å²) in [6, 6.07) is 2.24. The van der Waals surface area contributed by atoms with Crippen LogP contribution in [0.5, 0.6) is 0 Å². The fraction of sp³-hybridized carbons (Fsp3) is 0.706. The highest BCUT2D eigenvalue weighted by Crippen LogP contribution is 2.16. The van der Waals surface area contributed by atoms with E-state index in [0.29, 0.717) is 19.6 Å². The van der Waals surface area contributed by atoms with Crippen LogP contribution in [-0.2, 0) is 16.6 Å². The van der Waals surface area contributed by atoms with Crippen LogP contribution >= 0.6 is 24.0 Å². The van der Waals surface area contributed by atoms with Crippen molar-refractivity contribution in [2.24, 2.45) is 4.99 Å². The van der Waals surface area contributed by atoms with Crippen molar-refractivity contribution in [1.82, 2.24) is 14.9 Å². The first kappa shape index (κ1) is 23.2. The summed E-state index contributed by atoms with van der Waals surface area (Å²) < 4.78 is 31.0. The predicted molar refractivity (Wildman–Crippen MR) is 116 cm³/mol. The number of hydrogen-bond donors (Lipinski definition) is 2. The normalized spacial score (nSPS) is 17.0. The van der Waals surface area contributed by atoms with Gasteiger partial charge in [-0.3, -0.25) is 0 Å². The maximum absolute atomic E-state index is 11.9. The van der Waals surface area contributed by atoms with Gasteiger partial charge in [-0.2, -0.15) is 0 Å². The number of aryl methyl sites for hydroxylation is 2. The number of piperidine rings is 1. The maximum Gasteiger partial charge on any atom is 0.213 e. The number of furan rings is 1. The molecule has 1 aliphatic heterocycles. The van der Waals surface area contributed by atoms with Gasteiger partial charge in [-0.25, -0.2) is 17.7 Å². The second-order valence-corrected chi connectivity index (χ2v) is 8.61. The quantitative estimate of drug-likeness (QED) is 0.358. The molecule has 0 aliphatic carbocycles. The molecule has 1 fully saturated rings. The van der Waals surface area contributed by atoms with Crippen LogP contribution in [0.4, 0.5) is 0 Å². The largest absolute Gasteiger partial charge is 0.466 e. The third-order valence-corrected chi connectivity index (χ3v) is 6.33. The molecule has 0 spiro atoms. The Labute approximate surface area is 174 Å². The van der Waals surface area contributed by atoms with Gasteiger partial charge in [0.2, 0.25) is 10.0 Å². The lowest BCUT2D eigenvalue weighted by atomic mass is 10.1. The molecule has 0 saturated carbocycles. The SMILES string of the molecule is CCNC(=NCc1cc(C)oc1C)NC1CCN(S(=O)(=O)CC)CC1.I. The second kappa shape index (κ2) is 10.5. The van der Waals surface area contributed by atoms with Crippen LogP contribution in [-0.4, -0.2) is 50.1 Å². The van der Waals surface area contributed by atoms with Gasteiger partial charge in [-0.1, -0.05) is 0 Å². The molecule has 1 aromatic rings. The van der Waals surface area contributed by atoms with E-state index < -0.39 is 10.0 Å². The van der Waals surface area contributed by atoms with Gasteiger partial charge in [-0.15, -0.1) is 24.0 Å². The molecule has 150 valence electrons. The van der Waals surface area contributed by atoms with Crippen LogP contribution in [0.1, 0.15) is 43.8 Å². The van der Waals surface area contributed by atoms with Crippen molar-refractivity contribution in [3.8, 4) is 0 Å². The van der Waals surface area contributed by atoms with Gasteiger partial charge >= 0.3 is 0 Å². The number of sulfonamides is 1. The van der Waals surface area contributed by atoms with Crippen molar-refractivity contribution >= 4 is 40.0 Å².